The topological polar surface area (TPSA) is 93.7 Å². The summed E-state index contributed by atoms with van der Waals surface area (Å²) in [5, 5.41) is 2.81. The summed E-state index contributed by atoms with van der Waals surface area (Å²) in [4.78, 5) is 12.9. The Morgan fingerprint density at radius 1 is 0.968 bits per heavy atom. The second kappa shape index (κ2) is 9.53. The van der Waals surface area contributed by atoms with E-state index >= 15 is 0 Å². The zero-order chi connectivity index (χ0) is 22.4. The zero-order valence-electron chi connectivity index (χ0n) is 17.5. The van der Waals surface area contributed by atoms with Crippen LogP contribution in [0.15, 0.2) is 71.6 Å². The third-order valence-electron chi connectivity index (χ3n) is 4.55. The molecule has 0 saturated carbocycles. The Hall–Kier alpha value is -3.52. The van der Waals surface area contributed by atoms with E-state index in [1.165, 1.54) is 25.3 Å². The molecule has 31 heavy (non-hydrogen) atoms. The Labute approximate surface area is 182 Å². The number of amides is 1. The van der Waals surface area contributed by atoms with E-state index in [2.05, 4.69) is 10.0 Å². The third-order valence-corrected chi connectivity index (χ3v) is 5.93. The van der Waals surface area contributed by atoms with Crippen LogP contribution in [0.4, 0.5) is 11.4 Å². The molecule has 0 aliphatic carbocycles. The van der Waals surface area contributed by atoms with Crippen LogP contribution in [0.3, 0.4) is 0 Å². The first kappa shape index (κ1) is 22.2. The van der Waals surface area contributed by atoms with Crippen LogP contribution >= 0.6 is 0 Å². The molecule has 0 bridgehead atoms. The Morgan fingerprint density at radius 3 is 2.35 bits per heavy atom. The molecule has 0 saturated heterocycles. The number of hydrogen-bond donors (Lipinski definition) is 2. The summed E-state index contributed by atoms with van der Waals surface area (Å²) in [6.45, 7) is 4.09. The number of para-hydroxylation sites is 2. The largest absolute Gasteiger partial charge is 0.497 e. The van der Waals surface area contributed by atoms with Crippen LogP contribution in [0.2, 0.25) is 0 Å². The van der Waals surface area contributed by atoms with Gasteiger partial charge in [0.15, 0.2) is 0 Å². The summed E-state index contributed by atoms with van der Waals surface area (Å²) in [6.07, 6.45) is 0. The predicted molar refractivity (Wildman–Crippen MR) is 121 cm³/mol. The quantitative estimate of drug-likeness (QED) is 0.540. The number of carbonyl (C=O) groups excluding carboxylic acids is 1. The normalized spacial score (nSPS) is 10.9. The number of rotatable bonds is 8. The lowest BCUT2D eigenvalue weighted by Crippen LogP contribution is -2.16. The molecule has 0 fully saturated rings. The minimum absolute atomic E-state index is 0.0909. The number of carbonyl (C=O) groups is 1. The lowest BCUT2D eigenvalue weighted by molar-refractivity contribution is 0.102. The van der Waals surface area contributed by atoms with Crippen LogP contribution in [0.1, 0.15) is 22.8 Å². The van der Waals surface area contributed by atoms with Gasteiger partial charge in [0.1, 0.15) is 11.5 Å². The molecule has 3 aromatic carbocycles. The molecule has 0 aliphatic heterocycles. The highest BCUT2D eigenvalue weighted by atomic mass is 32.2. The van der Waals surface area contributed by atoms with Crippen LogP contribution in [0.25, 0.3) is 0 Å². The molecule has 1 amide bonds. The van der Waals surface area contributed by atoms with Gasteiger partial charge in [0.25, 0.3) is 15.9 Å². The Kier molecular flexibility index (Phi) is 6.81. The monoisotopic (exact) mass is 440 g/mol. The zero-order valence-corrected chi connectivity index (χ0v) is 18.3. The van der Waals surface area contributed by atoms with Crippen molar-refractivity contribution >= 4 is 27.3 Å². The van der Waals surface area contributed by atoms with Gasteiger partial charge in [-0.2, -0.15) is 0 Å². The number of aryl methyl sites for hydroxylation is 1. The van der Waals surface area contributed by atoms with E-state index in [1.54, 1.807) is 49.4 Å². The third kappa shape index (κ3) is 5.35. The van der Waals surface area contributed by atoms with Gasteiger partial charge in [-0.1, -0.05) is 18.2 Å². The van der Waals surface area contributed by atoms with Crippen molar-refractivity contribution in [1.82, 2.24) is 0 Å². The van der Waals surface area contributed by atoms with Crippen LogP contribution in [0.5, 0.6) is 11.5 Å². The lowest BCUT2D eigenvalue weighted by atomic mass is 10.1. The van der Waals surface area contributed by atoms with E-state index in [-0.39, 0.29) is 10.8 Å². The first-order chi connectivity index (χ1) is 14.8. The van der Waals surface area contributed by atoms with E-state index in [0.717, 1.165) is 0 Å². The average molecular weight is 441 g/mol. The van der Waals surface area contributed by atoms with E-state index < -0.39 is 10.0 Å². The van der Waals surface area contributed by atoms with E-state index in [0.29, 0.717) is 40.6 Å². The van der Waals surface area contributed by atoms with Crippen molar-refractivity contribution in [3.05, 3.63) is 77.9 Å². The second-order valence-electron chi connectivity index (χ2n) is 6.69. The summed E-state index contributed by atoms with van der Waals surface area (Å²) < 4.78 is 38.7. The van der Waals surface area contributed by atoms with E-state index in [4.69, 9.17) is 9.47 Å². The van der Waals surface area contributed by atoms with Crippen LogP contribution in [-0.2, 0) is 10.0 Å². The first-order valence-corrected chi connectivity index (χ1v) is 11.1. The van der Waals surface area contributed by atoms with Gasteiger partial charge >= 0.3 is 0 Å². The number of anilines is 2. The number of hydrogen-bond acceptors (Lipinski definition) is 5. The van der Waals surface area contributed by atoms with Crippen LogP contribution in [0, 0.1) is 6.92 Å². The lowest BCUT2D eigenvalue weighted by Gasteiger charge is -2.14. The fraction of sp³-hybridized carbons (Fsp3) is 0.174. The molecule has 0 aromatic heterocycles. The predicted octanol–water partition coefficient (Wildman–Crippen LogP) is 4.46. The standard InChI is InChI=1S/C23H24N2O5S/c1-4-30-22-8-6-5-7-20(22)24-23(26)17-10-9-16(2)21(15-17)25-31(27,28)19-13-11-18(29-3)12-14-19/h5-15,25H,4H2,1-3H3,(H,24,26). The summed E-state index contributed by atoms with van der Waals surface area (Å²) >= 11 is 0. The van der Waals surface area contributed by atoms with Gasteiger partial charge in [-0.15, -0.1) is 0 Å². The molecular weight excluding hydrogens is 416 g/mol. The van der Waals surface area contributed by atoms with Gasteiger partial charge in [0.2, 0.25) is 0 Å². The number of methoxy groups -OCH3 is 1. The molecule has 7 nitrogen and oxygen atoms in total. The number of ether oxygens (including phenoxy) is 2. The van der Waals surface area contributed by atoms with Crippen molar-refractivity contribution in [3.8, 4) is 11.5 Å². The van der Waals surface area contributed by atoms with Crippen LogP contribution in [-0.4, -0.2) is 28.0 Å². The molecule has 0 radical (unpaired) electrons. The van der Waals surface area contributed by atoms with Crippen molar-refractivity contribution in [2.45, 2.75) is 18.7 Å². The molecule has 8 heteroatoms. The second-order valence-corrected chi connectivity index (χ2v) is 8.38. The Morgan fingerprint density at radius 2 is 1.68 bits per heavy atom. The van der Waals surface area contributed by atoms with Crippen LogP contribution < -0.4 is 19.5 Å². The smallest absolute Gasteiger partial charge is 0.261 e. The van der Waals surface area contributed by atoms with Crippen molar-refractivity contribution < 1.29 is 22.7 Å². The maximum atomic E-state index is 12.8. The average Bonchev–Trinajstić information content (AvgIpc) is 2.76. The van der Waals surface area contributed by atoms with E-state index in [1.807, 2.05) is 13.0 Å². The Bertz CT molecular complexity index is 1170. The molecule has 3 aromatic rings. The number of nitrogens with one attached hydrogen (secondary N) is 2. The molecule has 0 aliphatic rings. The van der Waals surface area contributed by atoms with Gasteiger partial charge in [-0.05, 0) is 67.9 Å². The fourth-order valence-corrected chi connectivity index (χ4v) is 4.00. The van der Waals surface area contributed by atoms with Crippen molar-refractivity contribution in [2.24, 2.45) is 0 Å². The minimum Gasteiger partial charge on any atom is -0.497 e. The van der Waals surface area contributed by atoms with Gasteiger partial charge in [0, 0.05) is 5.56 Å². The summed E-state index contributed by atoms with van der Waals surface area (Å²) in [5.74, 6) is 0.740. The maximum Gasteiger partial charge on any atom is 0.261 e. The molecule has 162 valence electrons. The SMILES string of the molecule is CCOc1ccccc1NC(=O)c1ccc(C)c(NS(=O)(=O)c2ccc(OC)cc2)c1. The molecule has 3 rings (SSSR count). The number of sulfonamides is 1. The van der Waals surface area contributed by atoms with Crippen molar-refractivity contribution in [1.29, 1.82) is 0 Å². The van der Waals surface area contributed by atoms with Gasteiger partial charge in [-0.3, -0.25) is 9.52 Å². The fourth-order valence-electron chi connectivity index (χ4n) is 2.88. The highest BCUT2D eigenvalue weighted by Gasteiger charge is 2.17. The highest BCUT2D eigenvalue weighted by molar-refractivity contribution is 7.92. The molecule has 0 spiro atoms. The summed E-state index contributed by atoms with van der Waals surface area (Å²) in [7, 11) is -2.33. The molecule has 0 heterocycles. The van der Waals surface area contributed by atoms with Gasteiger partial charge in [-0.25, -0.2) is 8.42 Å². The summed E-state index contributed by atoms with van der Waals surface area (Å²) in [6, 6.07) is 18.0. The molecule has 0 unspecified atom stereocenters. The molecule has 0 atom stereocenters. The molecular formula is C23H24N2O5S. The molecule has 2 N–H and O–H groups in total. The minimum atomic E-state index is -3.83. The van der Waals surface area contributed by atoms with Crippen molar-refractivity contribution in [3.63, 3.8) is 0 Å². The van der Waals surface area contributed by atoms with Gasteiger partial charge in [0.05, 0.1) is 30.0 Å². The Balaban J connectivity index is 1.83. The maximum absolute atomic E-state index is 12.8. The first-order valence-electron chi connectivity index (χ1n) is 9.64. The van der Waals surface area contributed by atoms with Gasteiger partial charge < -0.3 is 14.8 Å². The number of benzene rings is 3. The highest BCUT2D eigenvalue weighted by Crippen LogP contribution is 2.26. The van der Waals surface area contributed by atoms with Crippen molar-refractivity contribution in [2.75, 3.05) is 23.8 Å². The van der Waals surface area contributed by atoms with E-state index in [9.17, 15) is 13.2 Å². The summed E-state index contributed by atoms with van der Waals surface area (Å²) in [5.41, 5.74) is 1.85.